The smallest absolute Gasteiger partial charge is 0.179 e. The van der Waals surface area contributed by atoms with E-state index in [-0.39, 0.29) is 6.10 Å². The number of nitrogens with one attached hydrogen (secondary N) is 1. The molecule has 1 aliphatic heterocycles. The Balaban J connectivity index is 1.58. The lowest BCUT2D eigenvalue weighted by molar-refractivity contribution is 0.00963. The normalized spacial score (nSPS) is 19.5. The van der Waals surface area contributed by atoms with Crippen LogP contribution in [0.5, 0.6) is 0 Å². The maximum absolute atomic E-state index is 5.70. The molecule has 1 fully saturated rings. The molecule has 0 aliphatic carbocycles. The van der Waals surface area contributed by atoms with Crippen molar-refractivity contribution in [3.8, 4) is 0 Å². The van der Waals surface area contributed by atoms with Crippen LogP contribution in [0.4, 0.5) is 0 Å². The molecule has 1 aliphatic rings. The van der Waals surface area contributed by atoms with E-state index in [4.69, 9.17) is 4.74 Å². The van der Waals surface area contributed by atoms with Crippen LogP contribution in [-0.4, -0.2) is 21.8 Å². The monoisotopic (exact) mass is 257 g/mol. The summed E-state index contributed by atoms with van der Waals surface area (Å²) in [5.41, 5.74) is 1.33. The molecule has 4 nitrogen and oxygen atoms in total. The van der Waals surface area contributed by atoms with Gasteiger partial charge in [0.1, 0.15) is 11.9 Å². The number of hydrogen-bond donors (Lipinski definition) is 1. The first-order chi connectivity index (χ1) is 9.42. The van der Waals surface area contributed by atoms with E-state index in [1.807, 2.05) is 6.07 Å². The fourth-order valence-corrected chi connectivity index (χ4v) is 2.42. The van der Waals surface area contributed by atoms with Gasteiger partial charge in [-0.15, -0.1) is 0 Å². The van der Waals surface area contributed by atoms with Crippen LogP contribution in [-0.2, 0) is 17.6 Å². The summed E-state index contributed by atoms with van der Waals surface area (Å²) in [5, 5.41) is 7.32. The van der Waals surface area contributed by atoms with E-state index in [0.29, 0.717) is 0 Å². The van der Waals surface area contributed by atoms with Gasteiger partial charge in [-0.05, 0) is 31.2 Å². The summed E-state index contributed by atoms with van der Waals surface area (Å²) in [6, 6.07) is 10.5. The fourth-order valence-electron chi connectivity index (χ4n) is 2.42. The molecule has 0 amide bonds. The van der Waals surface area contributed by atoms with Crippen molar-refractivity contribution in [2.45, 2.75) is 38.2 Å². The minimum absolute atomic E-state index is 0.0930. The summed E-state index contributed by atoms with van der Waals surface area (Å²) in [5.74, 6) is 1.77. The molecule has 3 rings (SSSR count). The summed E-state index contributed by atoms with van der Waals surface area (Å²) in [6.45, 7) is 0.832. The average molecular weight is 257 g/mol. The largest absolute Gasteiger partial charge is 0.370 e. The van der Waals surface area contributed by atoms with Gasteiger partial charge in [0.15, 0.2) is 5.82 Å². The van der Waals surface area contributed by atoms with Crippen LogP contribution < -0.4 is 0 Å². The summed E-state index contributed by atoms with van der Waals surface area (Å²) < 4.78 is 5.70. The third-order valence-electron chi connectivity index (χ3n) is 3.51. The van der Waals surface area contributed by atoms with Crippen molar-refractivity contribution in [2.24, 2.45) is 0 Å². The highest BCUT2D eigenvalue weighted by molar-refractivity contribution is 5.15. The number of aromatic amines is 1. The first kappa shape index (κ1) is 12.4. The molecule has 0 saturated carbocycles. The quantitative estimate of drug-likeness (QED) is 0.916. The zero-order valence-corrected chi connectivity index (χ0v) is 11.0. The van der Waals surface area contributed by atoms with E-state index in [1.165, 1.54) is 12.0 Å². The van der Waals surface area contributed by atoms with Crippen molar-refractivity contribution in [3.05, 3.63) is 47.5 Å². The maximum Gasteiger partial charge on any atom is 0.179 e. The Hall–Kier alpha value is -1.68. The van der Waals surface area contributed by atoms with Crippen molar-refractivity contribution >= 4 is 0 Å². The molecule has 1 aromatic carbocycles. The van der Waals surface area contributed by atoms with Crippen LogP contribution in [0.2, 0.25) is 0 Å². The maximum atomic E-state index is 5.70. The van der Waals surface area contributed by atoms with Crippen LogP contribution >= 0.6 is 0 Å². The second kappa shape index (κ2) is 5.97. The highest BCUT2D eigenvalue weighted by Gasteiger charge is 2.20. The number of hydrogen-bond acceptors (Lipinski definition) is 3. The fraction of sp³-hybridized carbons (Fsp3) is 0.467. The average Bonchev–Trinajstić information content (AvgIpc) is 2.96. The van der Waals surface area contributed by atoms with Gasteiger partial charge in [0.2, 0.25) is 0 Å². The standard InChI is InChI=1S/C15H19N3O/c1-2-6-12(7-3-1)9-10-14-16-15(18-17-14)13-8-4-5-11-19-13/h1-3,6-7,13H,4-5,8-11H2,(H,16,17,18)/t13-/m1/s1. The molecule has 2 aromatic rings. The molecule has 0 unspecified atom stereocenters. The summed E-state index contributed by atoms with van der Waals surface area (Å²) >= 11 is 0. The van der Waals surface area contributed by atoms with Gasteiger partial charge in [-0.25, -0.2) is 4.98 Å². The predicted molar refractivity (Wildman–Crippen MR) is 72.8 cm³/mol. The van der Waals surface area contributed by atoms with Crippen molar-refractivity contribution in [1.82, 2.24) is 15.2 Å². The third kappa shape index (κ3) is 3.20. The molecule has 100 valence electrons. The van der Waals surface area contributed by atoms with E-state index in [0.717, 1.165) is 43.9 Å². The first-order valence-corrected chi connectivity index (χ1v) is 6.98. The molecule has 1 saturated heterocycles. The van der Waals surface area contributed by atoms with Crippen molar-refractivity contribution in [3.63, 3.8) is 0 Å². The molecule has 0 radical (unpaired) electrons. The van der Waals surface area contributed by atoms with Crippen molar-refractivity contribution < 1.29 is 4.74 Å². The minimum atomic E-state index is 0.0930. The topological polar surface area (TPSA) is 50.8 Å². The summed E-state index contributed by atoms with van der Waals surface area (Å²) in [6.07, 6.45) is 5.37. The van der Waals surface area contributed by atoms with E-state index >= 15 is 0 Å². The van der Waals surface area contributed by atoms with Gasteiger partial charge in [-0.1, -0.05) is 30.3 Å². The highest BCUT2D eigenvalue weighted by atomic mass is 16.5. The number of benzene rings is 1. The Morgan fingerprint density at radius 2 is 2.05 bits per heavy atom. The molecule has 0 bridgehead atoms. The van der Waals surface area contributed by atoms with Crippen LogP contribution in [0.1, 0.15) is 42.6 Å². The van der Waals surface area contributed by atoms with Gasteiger partial charge in [0.25, 0.3) is 0 Å². The van der Waals surface area contributed by atoms with Gasteiger partial charge in [-0.2, -0.15) is 5.10 Å². The zero-order valence-electron chi connectivity index (χ0n) is 11.0. The van der Waals surface area contributed by atoms with Crippen molar-refractivity contribution in [2.75, 3.05) is 6.61 Å². The second-order valence-corrected chi connectivity index (χ2v) is 4.98. The molecule has 0 spiro atoms. The van der Waals surface area contributed by atoms with E-state index < -0.39 is 0 Å². The highest BCUT2D eigenvalue weighted by Crippen LogP contribution is 2.25. The molecule has 1 aromatic heterocycles. The van der Waals surface area contributed by atoms with Gasteiger partial charge in [0, 0.05) is 13.0 Å². The first-order valence-electron chi connectivity index (χ1n) is 6.98. The molecule has 1 atom stereocenters. The van der Waals surface area contributed by atoms with Gasteiger partial charge >= 0.3 is 0 Å². The predicted octanol–water partition coefficient (Wildman–Crippen LogP) is 2.83. The number of ether oxygens (including phenoxy) is 1. The van der Waals surface area contributed by atoms with E-state index in [9.17, 15) is 0 Å². The number of aromatic nitrogens is 3. The lowest BCUT2D eigenvalue weighted by atomic mass is 10.1. The van der Waals surface area contributed by atoms with Crippen LogP contribution in [0.25, 0.3) is 0 Å². The Labute approximate surface area is 113 Å². The number of rotatable bonds is 4. The van der Waals surface area contributed by atoms with Crippen molar-refractivity contribution in [1.29, 1.82) is 0 Å². The zero-order chi connectivity index (χ0) is 12.9. The van der Waals surface area contributed by atoms with Crippen LogP contribution in [0.15, 0.2) is 30.3 Å². The number of nitrogens with zero attached hydrogens (tertiary/aromatic N) is 2. The molecule has 19 heavy (non-hydrogen) atoms. The molecular formula is C15H19N3O. The molecule has 2 heterocycles. The Morgan fingerprint density at radius 3 is 2.84 bits per heavy atom. The SMILES string of the molecule is c1ccc(CCc2nc([C@H]3CCCCO3)n[nH]2)cc1. The lowest BCUT2D eigenvalue weighted by Gasteiger charge is -2.19. The van der Waals surface area contributed by atoms with Gasteiger partial charge in [0.05, 0.1) is 0 Å². The molecular weight excluding hydrogens is 238 g/mol. The number of H-pyrrole nitrogens is 1. The van der Waals surface area contributed by atoms with E-state index in [2.05, 4.69) is 39.4 Å². The van der Waals surface area contributed by atoms with E-state index in [1.54, 1.807) is 0 Å². The molecule has 4 heteroatoms. The van der Waals surface area contributed by atoms with Gasteiger partial charge in [-0.3, -0.25) is 5.10 Å². The van der Waals surface area contributed by atoms with Crippen LogP contribution in [0, 0.1) is 0 Å². The Kier molecular flexibility index (Phi) is 3.89. The summed E-state index contributed by atoms with van der Waals surface area (Å²) in [4.78, 5) is 4.56. The Morgan fingerprint density at radius 1 is 1.16 bits per heavy atom. The third-order valence-corrected chi connectivity index (χ3v) is 3.51. The number of aryl methyl sites for hydroxylation is 2. The summed E-state index contributed by atoms with van der Waals surface area (Å²) in [7, 11) is 0. The minimum Gasteiger partial charge on any atom is -0.370 e. The van der Waals surface area contributed by atoms with Gasteiger partial charge < -0.3 is 4.74 Å². The lowest BCUT2D eigenvalue weighted by Crippen LogP contribution is -2.12. The molecule has 1 N–H and O–H groups in total. The van der Waals surface area contributed by atoms with Crippen LogP contribution in [0.3, 0.4) is 0 Å². The Bertz CT molecular complexity index is 503. The second-order valence-electron chi connectivity index (χ2n) is 4.98.